The van der Waals surface area contributed by atoms with E-state index in [4.69, 9.17) is 10.00 Å². The summed E-state index contributed by atoms with van der Waals surface area (Å²) in [6, 6.07) is 24.2. The van der Waals surface area contributed by atoms with Crippen molar-refractivity contribution in [1.29, 1.82) is 5.26 Å². The number of hydrogen-bond acceptors (Lipinski definition) is 6. The summed E-state index contributed by atoms with van der Waals surface area (Å²) < 4.78 is 21.3. The highest BCUT2D eigenvalue weighted by atomic mass is 32.2. The van der Waals surface area contributed by atoms with E-state index in [1.54, 1.807) is 47.0 Å². The maximum Gasteiger partial charge on any atom is 0.234 e. The molecule has 0 spiro atoms. The van der Waals surface area contributed by atoms with Gasteiger partial charge in [-0.2, -0.15) is 5.26 Å². The second-order valence-electron chi connectivity index (χ2n) is 6.81. The van der Waals surface area contributed by atoms with Crippen LogP contribution in [-0.4, -0.2) is 26.4 Å². The normalized spacial score (nSPS) is 10.4. The quantitative estimate of drug-likeness (QED) is 0.388. The van der Waals surface area contributed by atoms with Crippen molar-refractivity contribution in [3.63, 3.8) is 0 Å². The van der Waals surface area contributed by atoms with Gasteiger partial charge in [0.05, 0.1) is 17.4 Å². The van der Waals surface area contributed by atoms with Crippen LogP contribution in [0.25, 0.3) is 5.69 Å². The Morgan fingerprint density at radius 3 is 2.48 bits per heavy atom. The number of rotatable bonds is 8. The minimum absolute atomic E-state index is 0.000819. The third kappa shape index (κ3) is 5.56. The first kappa shape index (κ1) is 22.0. The molecule has 1 heterocycles. The number of anilines is 1. The summed E-state index contributed by atoms with van der Waals surface area (Å²) in [4.78, 5) is 12.4. The predicted octanol–water partition coefficient (Wildman–Crippen LogP) is 4.59. The van der Waals surface area contributed by atoms with Crippen molar-refractivity contribution in [3.05, 3.63) is 96.1 Å². The Kier molecular flexibility index (Phi) is 6.97. The molecule has 0 bridgehead atoms. The first-order valence-electron chi connectivity index (χ1n) is 9.94. The molecule has 0 unspecified atom stereocenters. The number of thioether (sulfide) groups is 1. The van der Waals surface area contributed by atoms with Crippen molar-refractivity contribution in [2.45, 2.75) is 11.8 Å². The lowest BCUT2D eigenvalue weighted by atomic mass is 10.2. The number of halogens is 1. The number of aromatic nitrogens is 3. The average Bonchev–Trinajstić information content (AvgIpc) is 3.26. The molecular formula is C24H18FN5O2S. The number of para-hydroxylation sites is 2. The van der Waals surface area contributed by atoms with Gasteiger partial charge < -0.3 is 10.1 Å². The zero-order valence-electron chi connectivity index (χ0n) is 17.3. The highest BCUT2D eigenvalue weighted by Crippen LogP contribution is 2.24. The van der Waals surface area contributed by atoms with Crippen molar-refractivity contribution >= 4 is 23.4 Å². The first-order chi connectivity index (χ1) is 16.1. The summed E-state index contributed by atoms with van der Waals surface area (Å²) in [5.41, 5.74) is 1.91. The minimum Gasteiger partial charge on any atom is -0.483 e. The maximum absolute atomic E-state index is 13.9. The number of carbonyl (C=O) groups is 1. The molecule has 0 fully saturated rings. The van der Waals surface area contributed by atoms with Crippen LogP contribution < -0.4 is 10.1 Å². The molecule has 7 nitrogen and oxygen atoms in total. The summed E-state index contributed by atoms with van der Waals surface area (Å²) in [6.45, 7) is 0.000819. The lowest BCUT2D eigenvalue weighted by molar-refractivity contribution is -0.113. The van der Waals surface area contributed by atoms with Crippen LogP contribution in [0.15, 0.2) is 84.0 Å². The largest absolute Gasteiger partial charge is 0.483 e. The number of hydrogen-bond donors (Lipinski definition) is 1. The van der Waals surface area contributed by atoms with E-state index in [1.165, 1.54) is 17.8 Å². The monoisotopic (exact) mass is 459 g/mol. The van der Waals surface area contributed by atoms with Gasteiger partial charge in [0, 0.05) is 11.4 Å². The van der Waals surface area contributed by atoms with Gasteiger partial charge in [-0.15, -0.1) is 10.2 Å². The maximum atomic E-state index is 13.9. The Balaban J connectivity index is 1.48. The number of carbonyl (C=O) groups excluding carboxylic acids is 1. The molecule has 1 N–H and O–H groups in total. The van der Waals surface area contributed by atoms with Gasteiger partial charge in [0.25, 0.3) is 0 Å². The fourth-order valence-electron chi connectivity index (χ4n) is 2.98. The number of ether oxygens (including phenoxy) is 1. The third-order valence-electron chi connectivity index (χ3n) is 4.54. The average molecular weight is 460 g/mol. The lowest BCUT2D eigenvalue weighted by Crippen LogP contribution is -2.14. The van der Waals surface area contributed by atoms with Crippen molar-refractivity contribution in [1.82, 2.24) is 14.8 Å². The van der Waals surface area contributed by atoms with Crippen LogP contribution in [0, 0.1) is 17.1 Å². The number of nitrogens with zero attached hydrogens (tertiary/aromatic N) is 4. The molecule has 0 radical (unpaired) electrons. The third-order valence-corrected chi connectivity index (χ3v) is 5.47. The van der Waals surface area contributed by atoms with E-state index in [-0.39, 0.29) is 24.0 Å². The van der Waals surface area contributed by atoms with E-state index < -0.39 is 5.82 Å². The number of nitriles is 1. The Morgan fingerprint density at radius 2 is 1.76 bits per heavy atom. The van der Waals surface area contributed by atoms with E-state index in [1.807, 2.05) is 36.4 Å². The van der Waals surface area contributed by atoms with Crippen LogP contribution >= 0.6 is 11.8 Å². The molecule has 33 heavy (non-hydrogen) atoms. The van der Waals surface area contributed by atoms with Crippen LogP contribution in [0.1, 0.15) is 11.4 Å². The van der Waals surface area contributed by atoms with Crippen LogP contribution in [0.3, 0.4) is 0 Å². The molecule has 3 aromatic carbocycles. The van der Waals surface area contributed by atoms with Gasteiger partial charge in [-0.25, -0.2) is 4.39 Å². The second-order valence-corrected chi connectivity index (χ2v) is 7.76. The van der Waals surface area contributed by atoms with E-state index in [9.17, 15) is 9.18 Å². The summed E-state index contributed by atoms with van der Waals surface area (Å²) in [6.07, 6.45) is 0. The minimum atomic E-state index is -0.461. The molecule has 0 aliphatic heterocycles. The van der Waals surface area contributed by atoms with Gasteiger partial charge >= 0.3 is 0 Å². The molecule has 0 saturated carbocycles. The molecule has 0 aliphatic rings. The molecule has 9 heteroatoms. The molecule has 1 amide bonds. The zero-order valence-corrected chi connectivity index (χ0v) is 18.1. The molecular weight excluding hydrogens is 441 g/mol. The fraction of sp³-hybridized carbons (Fsp3) is 0.0833. The highest BCUT2D eigenvalue weighted by molar-refractivity contribution is 7.99. The van der Waals surface area contributed by atoms with Gasteiger partial charge in [-0.3, -0.25) is 9.36 Å². The number of amides is 1. The summed E-state index contributed by atoms with van der Waals surface area (Å²) in [5, 5.41) is 20.6. The zero-order chi connectivity index (χ0) is 23.0. The van der Waals surface area contributed by atoms with E-state index in [0.717, 1.165) is 5.69 Å². The van der Waals surface area contributed by atoms with Gasteiger partial charge in [-0.1, -0.05) is 42.1 Å². The fourth-order valence-corrected chi connectivity index (χ4v) is 3.75. The first-order valence-corrected chi connectivity index (χ1v) is 10.9. The van der Waals surface area contributed by atoms with Gasteiger partial charge in [0.1, 0.15) is 6.61 Å². The molecule has 0 saturated heterocycles. The Labute approximate surface area is 193 Å². The predicted molar refractivity (Wildman–Crippen MR) is 123 cm³/mol. The van der Waals surface area contributed by atoms with Gasteiger partial charge in [-0.05, 0) is 48.5 Å². The van der Waals surface area contributed by atoms with Gasteiger partial charge in [0.2, 0.25) is 5.91 Å². The van der Waals surface area contributed by atoms with Crippen molar-refractivity contribution < 1.29 is 13.9 Å². The summed E-state index contributed by atoms with van der Waals surface area (Å²) >= 11 is 1.22. The highest BCUT2D eigenvalue weighted by Gasteiger charge is 2.17. The smallest absolute Gasteiger partial charge is 0.234 e. The summed E-state index contributed by atoms with van der Waals surface area (Å²) in [7, 11) is 0. The number of nitrogens with one attached hydrogen (secondary N) is 1. The van der Waals surface area contributed by atoms with E-state index in [2.05, 4.69) is 15.5 Å². The van der Waals surface area contributed by atoms with Crippen LogP contribution in [0.2, 0.25) is 0 Å². The Bertz CT molecular complexity index is 1290. The summed E-state index contributed by atoms with van der Waals surface area (Å²) in [5.74, 6) is 0.00321. The number of benzene rings is 3. The molecule has 4 rings (SSSR count). The topological polar surface area (TPSA) is 92.8 Å². The molecule has 4 aromatic rings. The van der Waals surface area contributed by atoms with E-state index >= 15 is 0 Å². The van der Waals surface area contributed by atoms with Crippen LogP contribution in [0.4, 0.5) is 10.1 Å². The second kappa shape index (κ2) is 10.4. The Morgan fingerprint density at radius 1 is 1.03 bits per heavy atom. The van der Waals surface area contributed by atoms with Crippen LogP contribution in [0.5, 0.6) is 5.75 Å². The van der Waals surface area contributed by atoms with Crippen molar-refractivity contribution in [3.8, 4) is 17.5 Å². The molecule has 164 valence electrons. The lowest BCUT2D eigenvalue weighted by Gasteiger charge is -2.11. The van der Waals surface area contributed by atoms with Crippen molar-refractivity contribution in [2.24, 2.45) is 0 Å². The van der Waals surface area contributed by atoms with Crippen LogP contribution in [-0.2, 0) is 11.4 Å². The Hall–Kier alpha value is -4.16. The standard InChI is InChI=1S/C24H18FN5O2S/c25-20-8-4-5-9-21(20)32-15-22-28-29-24(30(22)19-6-2-1-3-7-19)33-16-23(31)27-18-12-10-17(14-26)11-13-18/h1-13H,15-16H2,(H,27,31). The molecule has 1 aromatic heterocycles. The SMILES string of the molecule is N#Cc1ccc(NC(=O)CSc2nnc(COc3ccccc3F)n2-c2ccccc2)cc1. The molecule has 0 atom stereocenters. The van der Waals surface area contributed by atoms with Crippen molar-refractivity contribution in [2.75, 3.05) is 11.1 Å². The van der Waals surface area contributed by atoms with Gasteiger partial charge in [0.15, 0.2) is 22.5 Å². The van der Waals surface area contributed by atoms with E-state index in [0.29, 0.717) is 22.2 Å². The molecule has 0 aliphatic carbocycles.